The van der Waals surface area contributed by atoms with E-state index < -0.39 is 12.4 Å². The second-order valence-corrected chi connectivity index (χ2v) is 9.47. The van der Waals surface area contributed by atoms with Crippen LogP contribution in [-0.2, 0) is 18.3 Å². The minimum atomic E-state index is -3.05. The van der Waals surface area contributed by atoms with E-state index in [9.17, 15) is 4.57 Å². The van der Waals surface area contributed by atoms with Crippen LogP contribution in [0.25, 0.3) is 0 Å². The Bertz CT molecular complexity index is 303. The van der Waals surface area contributed by atoms with Crippen LogP contribution in [0, 0.1) is 0 Å². The highest BCUT2D eigenvalue weighted by Crippen LogP contribution is 2.62. The van der Waals surface area contributed by atoms with E-state index >= 15 is 0 Å². The lowest BCUT2D eigenvalue weighted by molar-refractivity contribution is 0.0410. The van der Waals surface area contributed by atoms with Gasteiger partial charge in [0.25, 0.3) is 0 Å². The molecule has 1 fully saturated rings. The largest absolute Gasteiger partial charge is 0.389 e. The van der Waals surface area contributed by atoms with Crippen LogP contribution in [0.1, 0.15) is 27.7 Å². The summed E-state index contributed by atoms with van der Waals surface area (Å²) in [5.74, 6) is 0.743. The zero-order valence-corrected chi connectivity index (χ0v) is 14.1. The molecule has 1 aliphatic rings. The maximum absolute atomic E-state index is 12.5. The van der Waals surface area contributed by atoms with E-state index in [2.05, 4.69) is 4.90 Å². The van der Waals surface area contributed by atoms with Gasteiger partial charge in [0.15, 0.2) is 0 Å². The van der Waals surface area contributed by atoms with Crippen molar-refractivity contribution in [3.63, 3.8) is 0 Å². The van der Waals surface area contributed by atoms with Crippen molar-refractivity contribution in [2.45, 2.75) is 33.3 Å². The fourth-order valence-corrected chi connectivity index (χ4v) is 5.70. The zero-order chi connectivity index (χ0) is 14.4. The third kappa shape index (κ3) is 7.69. The number of hydrogen-bond donors (Lipinski definition) is 0. The normalized spacial score (nSPS) is 21.3. The second kappa shape index (κ2) is 8.01. The molecule has 1 saturated heterocycles. The van der Waals surface area contributed by atoms with Crippen molar-refractivity contribution in [2.24, 2.45) is 0 Å². The van der Waals surface area contributed by atoms with Gasteiger partial charge in [-0.2, -0.15) is 0 Å². The van der Waals surface area contributed by atoms with E-state index in [0.717, 1.165) is 38.6 Å². The summed E-state index contributed by atoms with van der Waals surface area (Å²) >= 11 is 1.30. The number of hydrogen-bond acceptors (Lipinski definition) is 6. The van der Waals surface area contributed by atoms with Crippen LogP contribution in [0.2, 0.25) is 0 Å². The molecule has 0 bridgehead atoms. The van der Waals surface area contributed by atoms with Gasteiger partial charge in [-0.3, -0.25) is 9.42 Å². The molecule has 0 aromatic heterocycles. The van der Waals surface area contributed by atoms with Crippen molar-refractivity contribution < 1.29 is 18.3 Å². The quantitative estimate of drug-likeness (QED) is 0.674. The fraction of sp³-hybridized carbons (Fsp3) is 1.00. The van der Waals surface area contributed by atoms with Crippen molar-refractivity contribution in [1.29, 1.82) is 0 Å². The minimum absolute atomic E-state index is 0.401. The molecule has 19 heavy (non-hydrogen) atoms. The summed E-state index contributed by atoms with van der Waals surface area (Å²) in [5.41, 5.74) is -0.462. The van der Waals surface area contributed by atoms with Gasteiger partial charge in [0.1, 0.15) is 0 Å². The summed E-state index contributed by atoms with van der Waals surface area (Å²) < 4.78 is 28.8. The first-order valence-corrected chi connectivity index (χ1v) is 9.88. The molecule has 0 radical (unpaired) electrons. The Kier molecular flexibility index (Phi) is 7.36. The Morgan fingerprint density at radius 3 is 2.47 bits per heavy atom. The highest BCUT2D eigenvalue weighted by molar-refractivity contribution is 8.55. The average molecular weight is 311 g/mol. The van der Waals surface area contributed by atoms with Crippen molar-refractivity contribution in [1.82, 2.24) is 4.90 Å². The first kappa shape index (κ1) is 17.5. The summed E-state index contributed by atoms with van der Waals surface area (Å²) in [6.07, 6.45) is 0. The molecule has 1 unspecified atom stereocenters. The lowest BCUT2D eigenvalue weighted by Crippen LogP contribution is -2.37. The number of rotatable bonds is 7. The van der Waals surface area contributed by atoms with Gasteiger partial charge >= 0.3 is 6.80 Å². The van der Waals surface area contributed by atoms with Gasteiger partial charge in [-0.25, -0.2) is 4.57 Å². The molecule has 1 rings (SSSR count). The molecular weight excluding hydrogens is 285 g/mol. The van der Waals surface area contributed by atoms with E-state index in [4.69, 9.17) is 13.8 Å². The maximum Gasteiger partial charge on any atom is 0.389 e. The van der Waals surface area contributed by atoms with Gasteiger partial charge in [0.2, 0.25) is 0 Å². The molecule has 0 saturated carbocycles. The molecule has 1 atom stereocenters. The van der Waals surface area contributed by atoms with Crippen LogP contribution in [0.3, 0.4) is 0 Å². The second-order valence-electron chi connectivity index (χ2n) is 5.36. The Morgan fingerprint density at radius 2 is 1.95 bits per heavy atom. The maximum atomic E-state index is 12.5. The van der Waals surface area contributed by atoms with Gasteiger partial charge in [0.05, 0.1) is 25.4 Å². The minimum Gasteiger partial charge on any atom is -0.379 e. The van der Waals surface area contributed by atoms with E-state index in [0.29, 0.717) is 6.61 Å². The van der Waals surface area contributed by atoms with Gasteiger partial charge in [-0.15, -0.1) is 0 Å². The summed E-state index contributed by atoms with van der Waals surface area (Å²) in [6.45, 7) is 9.20. The zero-order valence-electron chi connectivity index (χ0n) is 12.4. The predicted octanol–water partition coefficient (Wildman–Crippen LogP) is 3.01. The molecule has 0 spiro atoms. The summed E-state index contributed by atoms with van der Waals surface area (Å²) in [6, 6.07) is 0. The first-order valence-electron chi connectivity index (χ1n) is 6.74. The summed E-state index contributed by atoms with van der Waals surface area (Å²) in [4.78, 5) is 2.31. The average Bonchev–Trinajstić information content (AvgIpc) is 2.28. The van der Waals surface area contributed by atoms with Crippen LogP contribution in [0.4, 0.5) is 0 Å². The van der Waals surface area contributed by atoms with Crippen LogP contribution in [0.5, 0.6) is 0 Å². The van der Waals surface area contributed by atoms with Gasteiger partial charge in [0, 0.05) is 25.4 Å². The number of nitrogens with zero attached hydrogens (tertiary/aromatic N) is 1. The molecular formula is C12H26NO4PS. The van der Waals surface area contributed by atoms with Crippen molar-refractivity contribution in [3.8, 4) is 0 Å². The number of ether oxygens (including phenoxy) is 1. The topological polar surface area (TPSA) is 48.0 Å². The highest BCUT2D eigenvalue weighted by atomic mass is 32.7. The number of morpholine rings is 1. The Balaban J connectivity index is 2.38. The molecule has 5 nitrogen and oxygen atoms in total. The molecule has 0 aromatic rings. The van der Waals surface area contributed by atoms with Gasteiger partial charge < -0.3 is 9.26 Å². The van der Waals surface area contributed by atoms with Crippen molar-refractivity contribution >= 4 is 18.2 Å². The Morgan fingerprint density at radius 1 is 1.32 bits per heavy atom. The Hall–Kier alpha value is 0.420. The molecule has 1 heterocycles. The molecule has 0 aliphatic carbocycles. The van der Waals surface area contributed by atoms with Gasteiger partial charge in [-0.05, 0) is 39.1 Å². The Labute approximate surface area is 120 Å². The summed E-state index contributed by atoms with van der Waals surface area (Å²) in [5, 5.41) is 0. The van der Waals surface area contributed by atoms with Crippen LogP contribution in [0.15, 0.2) is 0 Å². The van der Waals surface area contributed by atoms with E-state index in [1.54, 1.807) is 0 Å². The molecule has 7 heteroatoms. The molecule has 114 valence electrons. The smallest absolute Gasteiger partial charge is 0.379 e. The molecule has 0 aromatic carbocycles. The fourth-order valence-electron chi connectivity index (χ4n) is 1.69. The molecule has 0 amide bonds. The van der Waals surface area contributed by atoms with Crippen LogP contribution >= 0.6 is 18.2 Å². The third-order valence-corrected chi connectivity index (χ3v) is 6.50. The first-order chi connectivity index (χ1) is 8.85. The van der Waals surface area contributed by atoms with Crippen molar-refractivity contribution in [3.05, 3.63) is 0 Å². The van der Waals surface area contributed by atoms with Crippen LogP contribution in [-0.4, -0.2) is 55.7 Å². The van der Waals surface area contributed by atoms with E-state index in [1.165, 1.54) is 11.4 Å². The van der Waals surface area contributed by atoms with Gasteiger partial charge in [-0.1, -0.05) is 0 Å². The monoisotopic (exact) mass is 311 g/mol. The van der Waals surface area contributed by atoms with E-state index in [1.807, 2.05) is 27.7 Å². The standard InChI is InChI=1S/C12H26NO4PS/c1-5-16-18(14,17-12(2,3)4)19-11-8-13-6-9-15-10-7-13/h5-11H2,1-4H3. The summed E-state index contributed by atoms with van der Waals surface area (Å²) in [7, 11) is 0. The van der Waals surface area contributed by atoms with Crippen molar-refractivity contribution in [2.75, 3.05) is 45.2 Å². The predicted molar refractivity (Wildman–Crippen MR) is 79.8 cm³/mol. The SMILES string of the molecule is CCOP(=O)(OC(C)(C)C)SCCN1CCOCC1. The van der Waals surface area contributed by atoms with Crippen LogP contribution < -0.4 is 0 Å². The third-order valence-electron chi connectivity index (χ3n) is 2.43. The van der Waals surface area contributed by atoms with E-state index in [-0.39, 0.29) is 0 Å². The lowest BCUT2D eigenvalue weighted by atomic mass is 10.2. The lowest BCUT2D eigenvalue weighted by Gasteiger charge is -2.28. The molecule has 1 aliphatic heterocycles. The molecule has 0 N–H and O–H groups in total. The highest BCUT2D eigenvalue weighted by Gasteiger charge is 2.31.